The van der Waals surface area contributed by atoms with Gasteiger partial charge in [-0.25, -0.2) is 18.6 Å². The third-order valence-corrected chi connectivity index (χ3v) is 5.94. The third kappa shape index (κ3) is 7.06. The maximum Gasteiger partial charge on any atom is 0.407 e. The highest BCUT2D eigenvalue weighted by Gasteiger charge is 2.37. The molecular formula is C26H30F2N6O5. The fourth-order valence-electron chi connectivity index (χ4n) is 3.81. The molecule has 1 aromatic carbocycles. The van der Waals surface area contributed by atoms with Crippen LogP contribution >= 0.6 is 0 Å². The molecule has 0 radical (unpaired) electrons. The van der Waals surface area contributed by atoms with E-state index in [2.05, 4.69) is 25.3 Å². The molecule has 3 amide bonds. The number of fused-ring (bicyclic) bond motifs is 1. The summed E-state index contributed by atoms with van der Waals surface area (Å²) in [5.74, 6) is -5.11. The summed E-state index contributed by atoms with van der Waals surface area (Å²) in [5, 5.41) is 4.88. The maximum atomic E-state index is 14.8. The van der Waals surface area contributed by atoms with E-state index in [-0.39, 0.29) is 42.0 Å². The molecule has 2 heterocycles. The zero-order chi connectivity index (χ0) is 28.7. The van der Waals surface area contributed by atoms with Crippen LogP contribution in [0.2, 0.25) is 0 Å². The Morgan fingerprint density at radius 2 is 1.97 bits per heavy atom. The van der Waals surface area contributed by atoms with Crippen LogP contribution in [0.25, 0.3) is 11.0 Å². The number of alkyl halides is 2. The summed E-state index contributed by atoms with van der Waals surface area (Å²) in [6.45, 7) is 2.77. The topological polar surface area (TPSA) is 161 Å². The number of methoxy groups -OCH3 is 1. The van der Waals surface area contributed by atoms with Gasteiger partial charge in [0.1, 0.15) is 17.6 Å². The number of ether oxygens (including phenoxy) is 1. The Morgan fingerprint density at radius 3 is 2.64 bits per heavy atom. The monoisotopic (exact) mass is 544 g/mol. The average molecular weight is 545 g/mol. The molecule has 0 bridgehead atoms. The van der Waals surface area contributed by atoms with Gasteiger partial charge in [-0.2, -0.15) is 0 Å². The van der Waals surface area contributed by atoms with Crippen LogP contribution in [-0.2, 0) is 26.8 Å². The van der Waals surface area contributed by atoms with Crippen LogP contribution in [0.3, 0.4) is 0 Å². The van der Waals surface area contributed by atoms with E-state index in [9.17, 15) is 28.0 Å². The van der Waals surface area contributed by atoms with Crippen LogP contribution < -0.4 is 21.9 Å². The van der Waals surface area contributed by atoms with Gasteiger partial charge in [0.2, 0.25) is 11.8 Å². The number of H-pyrrole nitrogens is 1. The van der Waals surface area contributed by atoms with Gasteiger partial charge >= 0.3 is 6.09 Å². The number of aromatic nitrogens is 3. The number of pyridine rings is 1. The fourth-order valence-corrected chi connectivity index (χ4v) is 3.81. The molecule has 0 unspecified atom stereocenters. The molecule has 13 heteroatoms. The highest BCUT2D eigenvalue weighted by atomic mass is 19.3. The minimum absolute atomic E-state index is 0.0741. The zero-order valence-corrected chi connectivity index (χ0v) is 21.7. The largest absolute Gasteiger partial charge is 0.453 e. The Morgan fingerprint density at radius 1 is 1.23 bits per heavy atom. The first-order valence-corrected chi connectivity index (χ1v) is 12.1. The van der Waals surface area contributed by atoms with Crippen molar-refractivity contribution in [1.29, 1.82) is 0 Å². The molecule has 2 aromatic heterocycles. The number of anilines is 1. The van der Waals surface area contributed by atoms with Crippen molar-refractivity contribution < 1.29 is 27.9 Å². The molecule has 3 aromatic rings. The molecule has 0 fully saturated rings. The number of carbonyl (C=O) groups excluding carboxylic acids is 3. The van der Waals surface area contributed by atoms with Crippen molar-refractivity contribution in [3.63, 3.8) is 0 Å². The normalized spacial score (nSPS) is 12.6. The van der Waals surface area contributed by atoms with Crippen LogP contribution in [0, 0.1) is 5.92 Å². The molecular weight excluding hydrogens is 514 g/mol. The lowest BCUT2D eigenvalue weighted by atomic mass is 9.97. The van der Waals surface area contributed by atoms with E-state index in [1.54, 1.807) is 6.07 Å². The number of imidazole rings is 1. The Bertz CT molecular complexity index is 1450. The van der Waals surface area contributed by atoms with Crippen molar-refractivity contribution >= 4 is 34.6 Å². The van der Waals surface area contributed by atoms with Crippen LogP contribution in [0.15, 0.2) is 53.5 Å². The number of nitrogens with one attached hydrogen (secondary N) is 3. The molecule has 11 nitrogen and oxygen atoms in total. The lowest BCUT2D eigenvalue weighted by molar-refractivity contribution is -0.118. The highest BCUT2D eigenvalue weighted by molar-refractivity contribution is 5.96. The quantitative estimate of drug-likeness (QED) is 0.271. The lowest BCUT2D eigenvalue weighted by Crippen LogP contribution is -2.44. The Kier molecular flexibility index (Phi) is 9.17. The van der Waals surface area contributed by atoms with Gasteiger partial charge in [0.05, 0.1) is 24.7 Å². The number of benzene rings is 1. The number of primary amides is 1. The second-order valence-electron chi connectivity index (χ2n) is 9.08. The highest BCUT2D eigenvalue weighted by Crippen LogP contribution is 2.38. The van der Waals surface area contributed by atoms with Gasteiger partial charge in [0, 0.05) is 17.7 Å². The lowest BCUT2D eigenvalue weighted by Gasteiger charge is -2.20. The van der Waals surface area contributed by atoms with Gasteiger partial charge in [-0.1, -0.05) is 32.1 Å². The maximum absolute atomic E-state index is 14.8. The number of nitrogens with zero attached hydrogens (tertiary/aromatic N) is 2. The van der Waals surface area contributed by atoms with Crippen LogP contribution in [0.4, 0.5) is 19.3 Å². The number of allylic oxidation sites excluding steroid dienone is 1. The Hall–Kier alpha value is -4.55. The predicted molar refractivity (Wildman–Crippen MR) is 140 cm³/mol. The number of halogens is 2. The number of amides is 3. The predicted octanol–water partition coefficient (Wildman–Crippen LogP) is 3.01. The summed E-state index contributed by atoms with van der Waals surface area (Å²) < 4.78 is 35.4. The van der Waals surface area contributed by atoms with Crippen LogP contribution in [-0.4, -0.2) is 45.6 Å². The Balaban J connectivity index is 1.82. The fraction of sp³-hybridized carbons (Fsp3) is 0.346. The molecule has 5 N–H and O–H groups in total. The molecule has 0 aliphatic heterocycles. The van der Waals surface area contributed by atoms with Crippen molar-refractivity contribution in [1.82, 2.24) is 19.9 Å². The first kappa shape index (κ1) is 29.0. The van der Waals surface area contributed by atoms with Gasteiger partial charge in [0.15, 0.2) is 0 Å². The molecule has 1 atom stereocenters. The van der Waals surface area contributed by atoms with E-state index >= 15 is 0 Å². The van der Waals surface area contributed by atoms with Gasteiger partial charge < -0.3 is 30.7 Å². The van der Waals surface area contributed by atoms with E-state index < -0.39 is 41.3 Å². The third-order valence-electron chi connectivity index (χ3n) is 5.94. The molecule has 0 saturated carbocycles. The van der Waals surface area contributed by atoms with E-state index in [1.165, 1.54) is 55.0 Å². The van der Waals surface area contributed by atoms with Crippen molar-refractivity contribution in [2.75, 3.05) is 12.4 Å². The minimum atomic E-state index is -3.10. The van der Waals surface area contributed by atoms with Crippen molar-refractivity contribution in [3.05, 3.63) is 70.4 Å². The SMILES string of the molecule is COC(=O)N[C@@H](CC/C=C/C(N)=O)C(=O)Nc1cccn(Cc2nc3c(C(F)(F)C(C)C)cccc3[nH]2)c1=O. The van der Waals surface area contributed by atoms with Gasteiger partial charge in [-0.05, 0) is 37.1 Å². The molecule has 0 aliphatic carbocycles. The van der Waals surface area contributed by atoms with E-state index in [1.807, 2.05) is 0 Å². The number of para-hydroxylation sites is 1. The van der Waals surface area contributed by atoms with Crippen LogP contribution in [0.5, 0.6) is 0 Å². The van der Waals surface area contributed by atoms with Crippen LogP contribution in [0.1, 0.15) is 38.1 Å². The smallest absolute Gasteiger partial charge is 0.407 e. The molecule has 0 saturated heterocycles. The number of rotatable bonds is 11. The average Bonchev–Trinajstić information content (AvgIpc) is 3.30. The van der Waals surface area contributed by atoms with E-state index in [4.69, 9.17) is 5.73 Å². The summed E-state index contributed by atoms with van der Waals surface area (Å²) >= 11 is 0. The first-order chi connectivity index (χ1) is 18.4. The number of alkyl carbamates (subject to hydrolysis) is 1. The Labute approximate surface area is 222 Å². The van der Waals surface area contributed by atoms with Crippen molar-refractivity contribution in [2.45, 2.75) is 45.2 Å². The number of hydrogen-bond donors (Lipinski definition) is 4. The number of hydrogen-bond acceptors (Lipinski definition) is 6. The minimum Gasteiger partial charge on any atom is -0.453 e. The summed E-state index contributed by atoms with van der Waals surface area (Å²) in [7, 11) is 1.14. The molecule has 3 rings (SSSR count). The second kappa shape index (κ2) is 12.3. The zero-order valence-electron chi connectivity index (χ0n) is 21.7. The molecule has 0 aliphatic rings. The van der Waals surface area contributed by atoms with Gasteiger partial charge in [0.25, 0.3) is 11.5 Å². The van der Waals surface area contributed by atoms with Gasteiger partial charge in [-0.3, -0.25) is 14.4 Å². The number of nitrogens with two attached hydrogens (primary N) is 1. The van der Waals surface area contributed by atoms with E-state index in [0.717, 1.165) is 13.2 Å². The number of aromatic amines is 1. The molecule has 208 valence electrons. The van der Waals surface area contributed by atoms with Crippen molar-refractivity contribution in [2.24, 2.45) is 11.7 Å². The van der Waals surface area contributed by atoms with Crippen molar-refractivity contribution in [3.8, 4) is 0 Å². The molecule has 0 spiro atoms. The van der Waals surface area contributed by atoms with E-state index in [0.29, 0.717) is 5.52 Å². The number of carbonyl (C=O) groups is 3. The summed E-state index contributed by atoms with van der Waals surface area (Å²) in [6, 6.07) is 6.30. The summed E-state index contributed by atoms with van der Waals surface area (Å²) in [6.07, 6.45) is 3.52. The molecule has 39 heavy (non-hydrogen) atoms. The second-order valence-corrected chi connectivity index (χ2v) is 9.08. The first-order valence-electron chi connectivity index (χ1n) is 12.1. The summed E-state index contributed by atoms with van der Waals surface area (Å²) in [5.41, 5.74) is 4.71. The standard InChI is InChI=1S/C26H30F2N6O5/c1-15(2)26(27,28)16-8-6-10-17-22(16)33-21(30-17)14-34-13-7-11-19(24(34)37)31-23(36)18(32-25(38)39-3)9-4-5-12-20(29)35/h5-8,10-13,15,18H,4,9,14H2,1-3H3,(H2,29,35)(H,30,33)(H,31,36)(H,32,38)/b12-5+/t18-/m0/s1. The summed E-state index contributed by atoms with van der Waals surface area (Å²) in [4.78, 5) is 55.9. The van der Waals surface area contributed by atoms with Gasteiger partial charge in [-0.15, -0.1) is 0 Å².